The van der Waals surface area contributed by atoms with Gasteiger partial charge in [0.15, 0.2) is 5.16 Å². The van der Waals surface area contributed by atoms with Gasteiger partial charge in [-0.15, -0.1) is 11.3 Å². The minimum atomic E-state index is -0.288. The number of thiophene rings is 1. The summed E-state index contributed by atoms with van der Waals surface area (Å²) >= 11 is 2.94. The Labute approximate surface area is 169 Å². The highest BCUT2D eigenvalue weighted by Crippen LogP contribution is 2.30. The molecule has 0 aromatic carbocycles. The lowest BCUT2D eigenvalue weighted by atomic mass is 9.86. The Morgan fingerprint density at radius 2 is 2.07 bits per heavy atom. The molecule has 1 aliphatic carbocycles. The second-order valence-corrected chi connectivity index (χ2v) is 10.1. The highest BCUT2D eigenvalue weighted by atomic mass is 32.2. The lowest BCUT2D eigenvalue weighted by Crippen LogP contribution is -2.44. The molecule has 1 aliphatic rings. The summed E-state index contributed by atoms with van der Waals surface area (Å²) in [6, 6.07) is 0.265. The Balaban J connectivity index is 1.82. The number of aryl methyl sites for hydroxylation is 2. The molecule has 3 atom stereocenters. The third-order valence-electron chi connectivity index (χ3n) is 5.66. The van der Waals surface area contributed by atoms with Gasteiger partial charge < -0.3 is 5.32 Å². The van der Waals surface area contributed by atoms with Crippen molar-refractivity contribution in [1.29, 1.82) is 0 Å². The van der Waals surface area contributed by atoms with Gasteiger partial charge in [-0.2, -0.15) is 0 Å². The molecule has 0 spiro atoms. The van der Waals surface area contributed by atoms with Crippen molar-refractivity contribution in [2.24, 2.45) is 5.92 Å². The second-order valence-electron chi connectivity index (χ2n) is 7.54. The molecule has 27 heavy (non-hydrogen) atoms. The summed E-state index contributed by atoms with van der Waals surface area (Å²) in [5, 5.41) is 4.28. The quantitative estimate of drug-likeness (QED) is 0.594. The van der Waals surface area contributed by atoms with Gasteiger partial charge in [-0.3, -0.25) is 14.2 Å². The van der Waals surface area contributed by atoms with Crippen molar-refractivity contribution in [2.45, 2.75) is 83.3 Å². The molecule has 0 radical (unpaired) electrons. The van der Waals surface area contributed by atoms with Gasteiger partial charge in [0.05, 0.1) is 10.6 Å². The van der Waals surface area contributed by atoms with Crippen LogP contribution in [0.1, 0.15) is 56.9 Å². The smallest absolute Gasteiger partial charge is 0.263 e. The van der Waals surface area contributed by atoms with Crippen LogP contribution in [-0.2, 0) is 11.3 Å². The van der Waals surface area contributed by atoms with Crippen molar-refractivity contribution in [3.05, 3.63) is 20.8 Å². The number of hydrogen-bond donors (Lipinski definition) is 1. The maximum Gasteiger partial charge on any atom is 0.263 e. The molecule has 3 unspecified atom stereocenters. The van der Waals surface area contributed by atoms with E-state index in [1.165, 1.54) is 31.0 Å². The summed E-state index contributed by atoms with van der Waals surface area (Å²) in [5.41, 5.74) is 1.02. The van der Waals surface area contributed by atoms with E-state index in [0.717, 1.165) is 27.1 Å². The normalized spacial score (nSPS) is 21.4. The van der Waals surface area contributed by atoms with Crippen molar-refractivity contribution in [3.8, 4) is 0 Å². The summed E-state index contributed by atoms with van der Waals surface area (Å²) in [7, 11) is 0. The molecule has 0 bridgehead atoms. The summed E-state index contributed by atoms with van der Waals surface area (Å²) < 4.78 is 1.69. The van der Waals surface area contributed by atoms with Crippen molar-refractivity contribution < 1.29 is 4.79 Å². The minimum Gasteiger partial charge on any atom is -0.352 e. The molecule has 2 aromatic heterocycles. The van der Waals surface area contributed by atoms with Crippen LogP contribution in [0, 0.1) is 19.8 Å². The van der Waals surface area contributed by atoms with Gasteiger partial charge >= 0.3 is 0 Å². The van der Waals surface area contributed by atoms with Crippen LogP contribution in [0.3, 0.4) is 0 Å². The molecule has 1 saturated carbocycles. The number of fused-ring (bicyclic) bond motifs is 1. The maximum absolute atomic E-state index is 12.9. The van der Waals surface area contributed by atoms with Crippen LogP contribution in [0.2, 0.25) is 0 Å². The number of nitrogens with zero attached hydrogens (tertiary/aromatic N) is 2. The fourth-order valence-corrected chi connectivity index (χ4v) is 5.77. The van der Waals surface area contributed by atoms with Crippen LogP contribution in [0.15, 0.2) is 9.95 Å². The Bertz CT molecular complexity index is 903. The Hall–Kier alpha value is -1.34. The number of rotatable bonds is 5. The molecule has 1 amide bonds. The number of nitrogens with one attached hydrogen (secondary N) is 1. The van der Waals surface area contributed by atoms with E-state index in [1.54, 1.807) is 15.9 Å². The first-order valence-electron chi connectivity index (χ1n) is 9.81. The van der Waals surface area contributed by atoms with Gasteiger partial charge in [0.2, 0.25) is 5.91 Å². The zero-order chi connectivity index (χ0) is 19.7. The van der Waals surface area contributed by atoms with Crippen molar-refractivity contribution in [3.63, 3.8) is 0 Å². The standard InChI is InChI=1S/C20H29N3O2S2/c1-6-23-19(25)16-12(3)13(4)26-18(16)22-20(23)27-14(5)17(24)21-15-10-8-7-9-11(15)2/h11,14-15H,6-10H2,1-5H3,(H,21,24). The van der Waals surface area contributed by atoms with Crippen LogP contribution in [0.4, 0.5) is 0 Å². The Morgan fingerprint density at radius 3 is 2.74 bits per heavy atom. The van der Waals surface area contributed by atoms with E-state index in [9.17, 15) is 9.59 Å². The second kappa shape index (κ2) is 8.35. The van der Waals surface area contributed by atoms with Gasteiger partial charge in [-0.25, -0.2) is 4.98 Å². The number of thioether (sulfide) groups is 1. The van der Waals surface area contributed by atoms with E-state index < -0.39 is 0 Å². The van der Waals surface area contributed by atoms with Gasteiger partial charge in [-0.1, -0.05) is 31.5 Å². The highest BCUT2D eigenvalue weighted by Gasteiger charge is 2.26. The molecule has 2 aromatic rings. The van der Waals surface area contributed by atoms with E-state index in [2.05, 4.69) is 12.2 Å². The third-order valence-corrected chi connectivity index (χ3v) is 7.85. The minimum absolute atomic E-state index is 0.000334. The van der Waals surface area contributed by atoms with Crippen LogP contribution in [0.25, 0.3) is 10.2 Å². The van der Waals surface area contributed by atoms with Crippen molar-refractivity contribution in [1.82, 2.24) is 14.9 Å². The topological polar surface area (TPSA) is 64.0 Å². The number of aromatic nitrogens is 2. The zero-order valence-corrected chi connectivity index (χ0v) is 18.4. The van der Waals surface area contributed by atoms with Gasteiger partial charge in [0, 0.05) is 17.5 Å². The van der Waals surface area contributed by atoms with Gasteiger partial charge in [0.1, 0.15) is 4.83 Å². The SMILES string of the molecule is CCn1c(SC(C)C(=O)NC2CCCCC2C)nc2sc(C)c(C)c2c1=O. The molecule has 3 rings (SSSR count). The first-order chi connectivity index (χ1) is 12.8. The van der Waals surface area contributed by atoms with Crippen LogP contribution in [0.5, 0.6) is 0 Å². The zero-order valence-electron chi connectivity index (χ0n) is 16.8. The molecule has 2 heterocycles. The van der Waals surface area contributed by atoms with E-state index in [-0.39, 0.29) is 22.8 Å². The average molecular weight is 408 g/mol. The molecule has 148 valence electrons. The van der Waals surface area contributed by atoms with Crippen molar-refractivity contribution in [2.75, 3.05) is 0 Å². The molecule has 1 N–H and O–H groups in total. The number of carbonyl (C=O) groups excluding carboxylic acids is 1. The van der Waals surface area contributed by atoms with E-state index >= 15 is 0 Å². The fourth-order valence-electron chi connectivity index (χ4n) is 3.72. The number of carbonyl (C=O) groups is 1. The van der Waals surface area contributed by atoms with Gasteiger partial charge in [-0.05, 0) is 52.0 Å². The van der Waals surface area contributed by atoms with E-state index in [1.807, 2.05) is 27.7 Å². The van der Waals surface area contributed by atoms with Crippen LogP contribution in [-0.4, -0.2) is 26.8 Å². The Morgan fingerprint density at radius 1 is 1.37 bits per heavy atom. The third kappa shape index (κ3) is 4.09. The first-order valence-corrected chi connectivity index (χ1v) is 11.5. The van der Waals surface area contributed by atoms with E-state index in [4.69, 9.17) is 4.98 Å². The number of hydrogen-bond acceptors (Lipinski definition) is 5. The largest absolute Gasteiger partial charge is 0.352 e. The van der Waals surface area contributed by atoms with Crippen molar-refractivity contribution >= 4 is 39.2 Å². The molecular weight excluding hydrogens is 378 g/mol. The summed E-state index contributed by atoms with van der Waals surface area (Å²) in [6.07, 6.45) is 4.67. The van der Waals surface area contributed by atoms with Crippen LogP contribution >= 0.6 is 23.1 Å². The number of amides is 1. The van der Waals surface area contributed by atoms with E-state index in [0.29, 0.717) is 17.6 Å². The predicted octanol–water partition coefficient (Wildman–Crippen LogP) is 4.27. The van der Waals surface area contributed by atoms with Gasteiger partial charge in [0.25, 0.3) is 5.56 Å². The Kier molecular flexibility index (Phi) is 6.31. The summed E-state index contributed by atoms with van der Waals surface area (Å²) in [4.78, 5) is 32.3. The molecule has 0 aliphatic heterocycles. The lowest BCUT2D eigenvalue weighted by Gasteiger charge is -2.30. The lowest BCUT2D eigenvalue weighted by molar-refractivity contribution is -0.121. The molecular formula is C20H29N3O2S2. The predicted molar refractivity (Wildman–Crippen MR) is 114 cm³/mol. The first kappa shape index (κ1) is 20.4. The fraction of sp³-hybridized carbons (Fsp3) is 0.650. The van der Waals surface area contributed by atoms with Crippen LogP contribution < -0.4 is 10.9 Å². The maximum atomic E-state index is 12.9. The molecule has 7 heteroatoms. The highest BCUT2D eigenvalue weighted by molar-refractivity contribution is 8.00. The average Bonchev–Trinajstić information content (AvgIpc) is 2.91. The molecule has 1 fully saturated rings. The monoisotopic (exact) mass is 407 g/mol. The molecule has 0 saturated heterocycles. The summed E-state index contributed by atoms with van der Waals surface area (Å²) in [6.45, 7) is 10.6. The summed E-state index contributed by atoms with van der Waals surface area (Å²) in [5.74, 6) is 0.564. The molecule has 5 nitrogen and oxygen atoms in total.